The van der Waals surface area contributed by atoms with Gasteiger partial charge in [0.1, 0.15) is 5.82 Å². The molecule has 1 aliphatic rings. The molecule has 0 N–H and O–H groups in total. The van der Waals surface area contributed by atoms with Crippen LogP contribution in [0, 0.1) is 6.92 Å². The molecule has 0 aliphatic carbocycles. The first-order valence-corrected chi connectivity index (χ1v) is 10.6. The fourth-order valence-corrected chi connectivity index (χ4v) is 5.04. The van der Waals surface area contributed by atoms with Crippen molar-refractivity contribution in [2.75, 3.05) is 25.0 Å². The van der Waals surface area contributed by atoms with Gasteiger partial charge in [-0.1, -0.05) is 30.2 Å². The molecule has 2 heterocycles. The first kappa shape index (κ1) is 18.9. The Kier molecular flexibility index (Phi) is 5.63. The molecule has 1 saturated heterocycles. The molecule has 0 radical (unpaired) electrons. The highest BCUT2D eigenvalue weighted by molar-refractivity contribution is 7.89. The van der Waals surface area contributed by atoms with Gasteiger partial charge in [-0.3, -0.25) is 0 Å². The van der Waals surface area contributed by atoms with E-state index < -0.39 is 10.0 Å². The van der Waals surface area contributed by atoms with Crippen LogP contribution < -0.4 is 4.90 Å². The normalized spacial score (nSPS) is 18.7. The second-order valence-electron chi connectivity index (χ2n) is 6.90. The van der Waals surface area contributed by atoms with Gasteiger partial charge in [-0.2, -0.15) is 4.31 Å². The minimum atomic E-state index is -3.51. The van der Waals surface area contributed by atoms with Gasteiger partial charge in [0, 0.05) is 26.3 Å². The lowest BCUT2D eigenvalue weighted by Crippen LogP contribution is -2.38. The number of sulfonamides is 1. The van der Waals surface area contributed by atoms with Crippen molar-refractivity contribution in [1.82, 2.24) is 9.29 Å². The zero-order valence-corrected chi connectivity index (χ0v) is 16.5. The Hall–Kier alpha value is -1.92. The number of hydrogen-bond donors (Lipinski definition) is 0. The van der Waals surface area contributed by atoms with Crippen LogP contribution in [0.4, 0.5) is 5.82 Å². The van der Waals surface area contributed by atoms with Gasteiger partial charge in [-0.15, -0.1) is 0 Å². The predicted octanol–water partition coefficient (Wildman–Crippen LogP) is 3.76. The summed E-state index contributed by atoms with van der Waals surface area (Å²) >= 11 is 0. The number of anilines is 1. The molecule has 2 aromatic rings. The van der Waals surface area contributed by atoms with E-state index in [1.165, 1.54) is 0 Å². The molecular weight excluding hydrogens is 346 g/mol. The van der Waals surface area contributed by atoms with Crippen molar-refractivity contribution >= 4 is 15.8 Å². The van der Waals surface area contributed by atoms with Gasteiger partial charge in [0.2, 0.25) is 10.0 Å². The molecule has 1 fully saturated rings. The zero-order valence-electron chi connectivity index (χ0n) is 15.7. The van der Waals surface area contributed by atoms with Crippen molar-refractivity contribution < 1.29 is 8.42 Å². The zero-order chi connectivity index (χ0) is 18.7. The van der Waals surface area contributed by atoms with Gasteiger partial charge in [-0.25, -0.2) is 13.4 Å². The Morgan fingerprint density at radius 2 is 1.88 bits per heavy atom. The maximum Gasteiger partial charge on any atom is 0.243 e. The number of aryl methyl sites for hydroxylation is 1. The molecule has 1 atom stereocenters. The van der Waals surface area contributed by atoms with Gasteiger partial charge >= 0.3 is 0 Å². The van der Waals surface area contributed by atoms with Crippen molar-refractivity contribution in [2.45, 2.75) is 44.0 Å². The lowest BCUT2D eigenvalue weighted by molar-refractivity contribution is 0.255. The van der Waals surface area contributed by atoms with Crippen molar-refractivity contribution in [3.8, 4) is 0 Å². The first-order valence-electron chi connectivity index (χ1n) is 9.19. The average molecular weight is 374 g/mol. The topological polar surface area (TPSA) is 53.5 Å². The van der Waals surface area contributed by atoms with Crippen molar-refractivity contribution in [3.05, 3.63) is 53.7 Å². The molecule has 26 heavy (non-hydrogen) atoms. The first-order chi connectivity index (χ1) is 12.4. The maximum atomic E-state index is 13.2. The second-order valence-corrected chi connectivity index (χ2v) is 8.79. The summed E-state index contributed by atoms with van der Waals surface area (Å²) in [6.45, 7) is 5.47. The fourth-order valence-electron chi connectivity index (χ4n) is 3.35. The summed E-state index contributed by atoms with van der Waals surface area (Å²) in [4.78, 5) is 6.96. The molecule has 3 rings (SSSR count). The summed E-state index contributed by atoms with van der Waals surface area (Å²) in [6.07, 6.45) is 4.58. The molecule has 0 saturated carbocycles. The van der Waals surface area contributed by atoms with Crippen LogP contribution in [0.25, 0.3) is 0 Å². The van der Waals surface area contributed by atoms with Crippen LogP contribution in [-0.4, -0.2) is 37.8 Å². The summed E-state index contributed by atoms with van der Waals surface area (Å²) in [5, 5.41) is 0. The van der Waals surface area contributed by atoms with E-state index >= 15 is 0 Å². The molecule has 0 spiro atoms. The van der Waals surface area contributed by atoms with Gasteiger partial charge in [0.15, 0.2) is 0 Å². The van der Waals surface area contributed by atoms with Gasteiger partial charge < -0.3 is 4.90 Å². The van der Waals surface area contributed by atoms with E-state index in [-0.39, 0.29) is 6.04 Å². The Balaban J connectivity index is 1.91. The van der Waals surface area contributed by atoms with Crippen LogP contribution in [0.2, 0.25) is 0 Å². The fraction of sp³-hybridized carbons (Fsp3) is 0.450. The molecule has 0 bridgehead atoms. The van der Waals surface area contributed by atoms with Crippen LogP contribution in [0.5, 0.6) is 0 Å². The molecular formula is C20H27N3O2S. The number of piperidine rings is 1. The van der Waals surface area contributed by atoms with E-state index in [2.05, 4.69) is 16.8 Å². The maximum absolute atomic E-state index is 13.2. The summed E-state index contributed by atoms with van der Waals surface area (Å²) in [5.41, 5.74) is 2.02. The smallest absolute Gasteiger partial charge is 0.243 e. The summed E-state index contributed by atoms with van der Waals surface area (Å²) in [6, 6.07) is 10.9. The van der Waals surface area contributed by atoms with Crippen LogP contribution in [0.3, 0.4) is 0 Å². The Labute approximate surface area is 156 Å². The Bertz CT molecular complexity index is 832. The van der Waals surface area contributed by atoms with Crippen molar-refractivity contribution in [2.24, 2.45) is 0 Å². The van der Waals surface area contributed by atoms with Gasteiger partial charge in [0.05, 0.1) is 10.9 Å². The molecule has 6 heteroatoms. The number of benzene rings is 1. The van der Waals surface area contributed by atoms with Crippen LogP contribution in [0.1, 0.15) is 43.4 Å². The van der Waals surface area contributed by atoms with E-state index in [0.29, 0.717) is 11.4 Å². The largest absolute Gasteiger partial charge is 0.360 e. The molecule has 5 nitrogen and oxygen atoms in total. The number of nitrogens with zero attached hydrogens (tertiary/aromatic N) is 3. The van der Waals surface area contributed by atoms with E-state index in [1.807, 2.05) is 44.4 Å². The summed E-state index contributed by atoms with van der Waals surface area (Å²) < 4.78 is 28.1. The number of hydrogen-bond acceptors (Lipinski definition) is 4. The van der Waals surface area contributed by atoms with E-state index in [4.69, 9.17) is 0 Å². The number of pyridine rings is 1. The summed E-state index contributed by atoms with van der Waals surface area (Å²) in [7, 11) is -1.52. The monoisotopic (exact) mass is 373 g/mol. The highest BCUT2D eigenvalue weighted by Gasteiger charge is 2.34. The van der Waals surface area contributed by atoms with Crippen molar-refractivity contribution in [3.63, 3.8) is 0 Å². The van der Waals surface area contributed by atoms with Crippen molar-refractivity contribution in [1.29, 1.82) is 0 Å². The lowest BCUT2D eigenvalue weighted by atomic mass is 9.99. The minimum Gasteiger partial charge on any atom is -0.360 e. The third kappa shape index (κ3) is 3.76. The standard InChI is InChI=1S/C20H27N3O2S/c1-4-22(3)20-13-10-17(15-21-20)19-7-5-6-14-23(19)26(24,25)18-11-8-16(2)9-12-18/h8-13,15,19H,4-7,14H2,1-3H3/t19-/m0/s1. The van der Waals surface area contributed by atoms with E-state index in [9.17, 15) is 8.42 Å². The molecule has 1 aromatic carbocycles. The van der Waals surface area contributed by atoms with Crippen LogP contribution in [0.15, 0.2) is 47.5 Å². The number of rotatable bonds is 5. The van der Waals surface area contributed by atoms with E-state index in [0.717, 1.165) is 42.8 Å². The Morgan fingerprint density at radius 1 is 1.15 bits per heavy atom. The molecule has 140 valence electrons. The predicted molar refractivity (Wildman–Crippen MR) is 105 cm³/mol. The molecule has 1 aromatic heterocycles. The summed E-state index contributed by atoms with van der Waals surface area (Å²) in [5.74, 6) is 0.903. The highest BCUT2D eigenvalue weighted by atomic mass is 32.2. The lowest BCUT2D eigenvalue weighted by Gasteiger charge is -2.35. The third-order valence-electron chi connectivity index (χ3n) is 5.10. The quantitative estimate of drug-likeness (QED) is 0.801. The molecule has 0 unspecified atom stereocenters. The van der Waals surface area contributed by atoms with Gasteiger partial charge in [0.25, 0.3) is 0 Å². The molecule has 0 amide bonds. The van der Waals surface area contributed by atoms with E-state index in [1.54, 1.807) is 16.4 Å². The minimum absolute atomic E-state index is 0.150. The SMILES string of the molecule is CCN(C)c1ccc([C@@H]2CCCCN2S(=O)(=O)c2ccc(C)cc2)cn1. The van der Waals surface area contributed by atoms with Gasteiger partial charge in [-0.05, 0) is 50.5 Å². The highest BCUT2D eigenvalue weighted by Crippen LogP contribution is 2.35. The molecule has 1 aliphatic heterocycles. The van der Waals surface area contributed by atoms with Crippen LogP contribution in [-0.2, 0) is 10.0 Å². The number of aromatic nitrogens is 1. The third-order valence-corrected chi connectivity index (χ3v) is 7.02. The average Bonchev–Trinajstić information content (AvgIpc) is 2.68. The Morgan fingerprint density at radius 3 is 2.50 bits per heavy atom. The second kappa shape index (κ2) is 7.76. The van der Waals surface area contributed by atoms with Crippen LogP contribution >= 0.6 is 0 Å².